The van der Waals surface area contributed by atoms with E-state index in [2.05, 4.69) is 30.2 Å². The molecule has 0 aliphatic rings. The third-order valence-electron chi connectivity index (χ3n) is 3.80. The molecule has 0 fully saturated rings. The standard InChI is InChI=1S/C20H20N2O2/c1-3-24-19(23)14-22-20(16-9-5-4-6-10-16)18(13-21-22)17-11-7-8-15(2)12-17/h4-13H,3,14H2,1-2H3. The molecule has 4 heteroatoms. The lowest BCUT2D eigenvalue weighted by atomic mass is 10.0. The first kappa shape index (κ1) is 16.0. The highest BCUT2D eigenvalue weighted by Gasteiger charge is 2.17. The van der Waals surface area contributed by atoms with E-state index in [-0.39, 0.29) is 12.5 Å². The average Bonchev–Trinajstić information content (AvgIpc) is 2.99. The van der Waals surface area contributed by atoms with Gasteiger partial charge in [-0.15, -0.1) is 0 Å². The van der Waals surface area contributed by atoms with Crippen LogP contribution in [0.25, 0.3) is 22.4 Å². The minimum absolute atomic E-state index is 0.101. The van der Waals surface area contributed by atoms with Crippen LogP contribution in [-0.2, 0) is 16.1 Å². The fourth-order valence-corrected chi connectivity index (χ4v) is 2.76. The number of rotatable bonds is 5. The van der Waals surface area contributed by atoms with Gasteiger partial charge < -0.3 is 4.74 Å². The molecule has 0 saturated heterocycles. The minimum atomic E-state index is -0.284. The van der Waals surface area contributed by atoms with E-state index >= 15 is 0 Å². The molecule has 1 heterocycles. The summed E-state index contributed by atoms with van der Waals surface area (Å²) in [4.78, 5) is 11.9. The summed E-state index contributed by atoms with van der Waals surface area (Å²) in [6, 6.07) is 18.3. The van der Waals surface area contributed by atoms with Crippen LogP contribution in [0.2, 0.25) is 0 Å². The minimum Gasteiger partial charge on any atom is -0.465 e. The van der Waals surface area contributed by atoms with Gasteiger partial charge in [0.15, 0.2) is 0 Å². The zero-order valence-corrected chi connectivity index (χ0v) is 13.9. The Bertz CT molecular complexity index is 838. The summed E-state index contributed by atoms with van der Waals surface area (Å²) in [5.74, 6) is -0.284. The first-order valence-electron chi connectivity index (χ1n) is 8.03. The number of esters is 1. The molecule has 3 rings (SSSR count). The van der Waals surface area contributed by atoms with Gasteiger partial charge >= 0.3 is 5.97 Å². The summed E-state index contributed by atoms with van der Waals surface area (Å²) in [6.45, 7) is 4.33. The Balaban J connectivity index is 2.10. The number of aryl methyl sites for hydroxylation is 1. The molecule has 0 N–H and O–H groups in total. The molecule has 0 radical (unpaired) electrons. The molecule has 0 aliphatic carbocycles. The van der Waals surface area contributed by atoms with E-state index in [4.69, 9.17) is 4.74 Å². The zero-order chi connectivity index (χ0) is 16.9. The third-order valence-corrected chi connectivity index (χ3v) is 3.80. The van der Waals surface area contributed by atoms with Crippen LogP contribution in [0.4, 0.5) is 0 Å². The predicted octanol–water partition coefficient (Wildman–Crippen LogP) is 4.09. The van der Waals surface area contributed by atoms with Crippen LogP contribution in [0.3, 0.4) is 0 Å². The van der Waals surface area contributed by atoms with E-state index in [0.717, 1.165) is 22.4 Å². The number of benzene rings is 2. The number of aromatic nitrogens is 2. The maximum Gasteiger partial charge on any atom is 0.327 e. The van der Waals surface area contributed by atoms with Gasteiger partial charge in [0, 0.05) is 11.1 Å². The SMILES string of the molecule is CCOC(=O)Cn1ncc(-c2cccc(C)c2)c1-c1ccccc1. The zero-order valence-electron chi connectivity index (χ0n) is 13.9. The van der Waals surface area contributed by atoms with Crippen molar-refractivity contribution in [3.8, 4) is 22.4 Å². The molecule has 0 spiro atoms. The molecule has 24 heavy (non-hydrogen) atoms. The molecule has 0 aliphatic heterocycles. The van der Waals surface area contributed by atoms with Crippen LogP contribution < -0.4 is 0 Å². The van der Waals surface area contributed by atoms with Gasteiger partial charge in [0.2, 0.25) is 0 Å². The van der Waals surface area contributed by atoms with Crippen LogP contribution in [-0.4, -0.2) is 22.4 Å². The Hall–Kier alpha value is -2.88. The normalized spacial score (nSPS) is 10.6. The Labute approximate surface area is 141 Å². The van der Waals surface area contributed by atoms with E-state index in [1.165, 1.54) is 5.56 Å². The van der Waals surface area contributed by atoms with Gasteiger partial charge in [-0.25, -0.2) is 0 Å². The number of hydrogen-bond donors (Lipinski definition) is 0. The van der Waals surface area contributed by atoms with Crippen molar-refractivity contribution >= 4 is 5.97 Å². The first-order valence-corrected chi connectivity index (χ1v) is 8.03. The average molecular weight is 320 g/mol. The molecule has 4 nitrogen and oxygen atoms in total. The number of carbonyl (C=O) groups excluding carboxylic acids is 1. The van der Waals surface area contributed by atoms with Gasteiger partial charge in [-0.05, 0) is 19.4 Å². The molecule has 0 bridgehead atoms. The lowest BCUT2D eigenvalue weighted by Crippen LogP contribution is -2.15. The van der Waals surface area contributed by atoms with Crippen LogP contribution in [0, 0.1) is 6.92 Å². The second kappa shape index (κ2) is 7.13. The second-order valence-electron chi connectivity index (χ2n) is 5.61. The molecule has 0 unspecified atom stereocenters. The fourth-order valence-electron chi connectivity index (χ4n) is 2.76. The van der Waals surface area contributed by atoms with E-state index < -0.39 is 0 Å². The molecule has 0 amide bonds. The number of ether oxygens (including phenoxy) is 1. The molecule has 1 aromatic heterocycles. The first-order chi connectivity index (χ1) is 11.7. The number of hydrogen-bond acceptors (Lipinski definition) is 3. The van der Waals surface area contributed by atoms with Crippen LogP contribution in [0.15, 0.2) is 60.8 Å². The monoisotopic (exact) mass is 320 g/mol. The molecular formula is C20H20N2O2. The molecule has 0 atom stereocenters. The van der Waals surface area contributed by atoms with E-state index in [1.807, 2.05) is 42.6 Å². The Morgan fingerprint density at radius 2 is 1.83 bits per heavy atom. The van der Waals surface area contributed by atoms with E-state index in [1.54, 1.807) is 11.6 Å². The molecule has 0 saturated carbocycles. The van der Waals surface area contributed by atoms with E-state index in [0.29, 0.717) is 6.61 Å². The van der Waals surface area contributed by atoms with Gasteiger partial charge in [-0.2, -0.15) is 5.10 Å². The Morgan fingerprint density at radius 1 is 1.08 bits per heavy atom. The van der Waals surface area contributed by atoms with Crippen molar-refractivity contribution in [3.63, 3.8) is 0 Å². The van der Waals surface area contributed by atoms with Gasteiger partial charge in [0.05, 0.1) is 18.5 Å². The van der Waals surface area contributed by atoms with Crippen molar-refractivity contribution < 1.29 is 9.53 Å². The van der Waals surface area contributed by atoms with Crippen LogP contribution in [0.1, 0.15) is 12.5 Å². The van der Waals surface area contributed by atoms with Crippen LogP contribution in [0.5, 0.6) is 0 Å². The van der Waals surface area contributed by atoms with Crippen molar-refractivity contribution in [2.24, 2.45) is 0 Å². The van der Waals surface area contributed by atoms with Crippen molar-refractivity contribution in [3.05, 3.63) is 66.4 Å². The third kappa shape index (κ3) is 3.38. The summed E-state index contributed by atoms with van der Waals surface area (Å²) in [5.41, 5.74) is 5.23. The number of nitrogens with zero attached hydrogens (tertiary/aromatic N) is 2. The smallest absolute Gasteiger partial charge is 0.327 e. The highest BCUT2D eigenvalue weighted by Crippen LogP contribution is 2.32. The lowest BCUT2D eigenvalue weighted by Gasteiger charge is -2.10. The lowest BCUT2D eigenvalue weighted by molar-refractivity contribution is -0.144. The van der Waals surface area contributed by atoms with Crippen LogP contribution >= 0.6 is 0 Å². The summed E-state index contributed by atoms with van der Waals surface area (Å²) < 4.78 is 6.78. The summed E-state index contributed by atoms with van der Waals surface area (Å²) >= 11 is 0. The topological polar surface area (TPSA) is 44.1 Å². The largest absolute Gasteiger partial charge is 0.465 e. The maximum absolute atomic E-state index is 11.9. The van der Waals surface area contributed by atoms with Gasteiger partial charge in [-0.1, -0.05) is 60.2 Å². The quantitative estimate of drug-likeness (QED) is 0.665. The number of carbonyl (C=O) groups is 1. The Morgan fingerprint density at radius 3 is 2.54 bits per heavy atom. The van der Waals surface area contributed by atoms with Crippen molar-refractivity contribution in [1.29, 1.82) is 0 Å². The molecular weight excluding hydrogens is 300 g/mol. The summed E-state index contributed by atoms with van der Waals surface area (Å²) in [7, 11) is 0. The highest BCUT2D eigenvalue weighted by atomic mass is 16.5. The maximum atomic E-state index is 11.9. The van der Waals surface area contributed by atoms with Crippen molar-refractivity contribution in [2.45, 2.75) is 20.4 Å². The highest BCUT2D eigenvalue weighted by molar-refractivity contribution is 5.82. The van der Waals surface area contributed by atoms with Crippen molar-refractivity contribution in [2.75, 3.05) is 6.61 Å². The van der Waals surface area contributed by atoms with Gasteiger partial charge in [0.25, 0.3) is 0 Å². The predicted molar refractivity (Wildman–Crippen MR) is 94.5 cm³/mol. The van der Waals surface area contributed by atoms with Crippen molar-refractivity contribution in [1.82, 2.24) is 9.78 Å². The molecule has 3 aromatic rings. The second-order valence-corrected chi connectivity index (χ2v) is 5.61. The molecule has 2 aromatic carbocycles. The Kier molecular flexibility index (Phi) is 4.75. The van der Waals surface area contributed by atoms with Gasteiger partial charge in [-0.3, -0.25) is 9.48 Å². The molecule has 122 valence electrons. The summed E-state index contributed by atoms with van der Waals surface area (Å²) in [6.07, 6.45) is 1.82. The van der Waals surface area contributed by atoms with Gasteiger partial charge in [0.1, 0.15) is 6.54 Å². The fraction of sp³-hybridized carbons (Fsp3) is 0.200. The van der Waals surface area contributed by atoms with E-state index in [9.17, 15) is 4.79 Å². The summed E-state index contributed by atoms with van der Waals surface area (Å²) in [5, 5.41) is 4.44.